The SMILES string of the molecule is O=C1CCNC(C2CCOC(OCCc3cc(C(F)(F)F)cc(C(F)(F)F)c3)C2c2ccc(F)cc2)C1. The lowest BCUT2D eigenvalue weighted by Gasteiger charge is -2.43. The lowest BCUT2D eigenvalue weighted by Crippen LogP contribution is -2.50. The molecular weight excluding hydrogens is 507 g/mol. The van der Waals surface area contributed by atoms with Gasteiger partial charge in [-0.2, -0.15) is 26.3 Å². The summed E-state index contributed by atoms with van der Waals surface area (Å²) in [6.07, 6.45) is -9.62. The Labute approximate surface area is 209 Å². The van der Waals surface area contributed by atoms with Crippen LogP contribution in [0.25, 0.3) is 0 Å². The number of Topliss-reactive ketones (excluding diaryl/α,β-unsaturated/α-hetero) is 1. The normalized spacial score (nSPS) is 25.3. The van der Waals surface area contributed by atoms with E-state index in [0.717, 1.165) is 0 Å². The van der Waals surface area contributed by atoms with E-state index in [-0.39, 0.29) is 42.4 Å². The second kappa shape index (κ2) is 11.1. The van der Waals surface area contributed by atoms with Crippen molar-refractivity contribution in [2.24, 2.45) is 5.92 Å². The zero-order chi connectivity index (χ0) is 26.8. The topological polar surface area (TPSA) is 47.6 Å². The number of benzene rings is 2. The number of carbonyl (C=O) groups is 1. The molecule has 2 aromatic carbocycles. The minimum Gasteiger partial charge on any atom is -0.352 e. The molecule has 37 heavy (non-hydrogen) atoms. The van der Waals surface area contributed by atoms with Gasteiger partial charge in [-0.25, -0.2) is 4.39 Å². The molecule has 0 amide bonds. The highest BCUT2D eigenvalue weighted by atomic mass is 19.4. The monoisotopic (exact) mass is 533 g/mol. The summed E-state index contributed by atoms with van der Waals surface area (Å²) in [5, 5.41) is 3.35. The van der Waals surface area contributed by atoms with Crippen LogP contribution in [0, 0.1) is 11.7 Å². The molecule has 2 aromatic rings. The van der Waals surface area contributed by atoms with Crippen LogP contribution in [-0.2, 0) is 33.0 Å². The van der Waals surface area contributed by atoms with Gasteiger partial charge in [0.15, 0.2) is 6.29 Å². The third-order valence-electron chi connectivity index (χ3n) is 6.84. The fourth-order valence-electron chi connectivity index (χ4n) is 5.07. The molecule has 1 N–H and O–H groups in total. The maximum atomic E-state index is 13.6. The van der Waals surface area contributed by atoms with E-state index >= 15 is 0 Å². The van der Waals surface area contributed by atoms with Crippen LogP contribution in [0.3, 0.4) is 0 Å². The van der Waals surface area contributed by atoms with Gasteiger partial charge in [0.25, 0.3) is 0 Å². The van der Waals surface area contributed by atoms with E-state index in [0.29, 0.717) is 50.1 Å². The highest BCUT2D eigenvalue weighted by Crippen LogP contribution is 2.40. The Morgan fingerprint density at radius 1 is 0.973 bits per heavy atom. The molecule has 2 saturated heterocycles. The van der Waals surface area contributed by atoms with E-state index in [1.165, 1.54) is 12.1 Å². The molecule has 4 rings (SSSR count). The first-order valence-electron chi connectivity index (χ1n) is 11.9. The first-order chi connectivity index (χ1) is 17.4. The predicted molar refractivity (Wildman–Crippen MR) is 119 cm³/mol. The highest BCUT2D eigenvalue weighted by molar-refractivity contribution is 5.80. The van der Waals surface area contributed by atoms with Gasteiger partial charge in [-0.1, -0.05) is 12.1 Å². The van der Waals surface area contributed by atoms with Crippen molar-refractivity contribution in [3.05, 3.63) is 70.5 Å². The standard InChI is InChI=1S/C26H26F7NO3/c27-19-3-1-16(2-4-19)23-21(22-14-20(35)5-8-34-22)7-10-37-24(23)36-9-6-15-11-17(25(28,29)30)13-18(12-15)26(31,32)33/h1-4,11-13,21-24,34H,5-10,14H2. The number of ether oxygens (including phenoxy) is 2. The number of rotatable bonds is 6. The third-order valence-corrected chi connectivity index (χ3v) is 6.84. The summed E-state index contributed by atoms with van der Waals surface area (Å²) in [5.74, 6) is -0.857. The summed E-state index contributed by atoms with van der Waals surface area (Å²) in [6.45, 7) is 0.617. The molecule has 4 unspecified atom stereocenters. The number of ketones is 1. The second-order valence-electron chi connectivity index (χ2n) is 9.36. The van der Waals surface area contributed by atoms with Crippen LogP contribution in [-0.4, -0.2) is 37.9 Å². The number of alkyl halides is 6. The van der Waals surface area contributed by atoms with Gasteiger partial charge in [-0.05, 0) is 60.2 Å². The van der Waals surface area contributed by atoms with Crippen molar-refractivity contribution in [2.75, 3.05) is 19.8 Å². The zero-order valence-electron chi connectivity index (χ0n) is 19.7. The first kappa shape index (κ1) is 27.5. The van der Waals surface area contributed by atoms with Crippen LogP contribution >= 0.6 is 0 Å². The van der Waals surface area contributed by atoms with E-state index in [2.05, 4.69) is 5.32 Å². The molecule has 2 heterocycles. The average Bonchev–Trinajstić information content (AvgIpc) is 2.83. The zero-order valence-corrected chi connectivity index (χ0v) is 19.7. The molecule has 2 fully saturated rings. The third kappa shape index (κ3) is 6.88. The van der Waals surface area contributed by atoms with Crippen molar-refractivity contribution in [3.8, 4) is 0 Å². The van der Waals surface area contributed by atoms with Crippen LogP contribution in [0.15, 0.2) is 42.5 Å². The van der Waals surface area contributed by atoms with Gasteiger partial charge in [0.05, 0.1) is 24.3 Å². The van der Waals surface area contributed by atoms with Gasteiger partial charge in [0, 0.05) is 31.3 Å². The molecule has 202 valence electrons. The number of halogens is 7. The minimum atomic E-state index is -4.94. The molecular formula is C26H26F7NO3. The summed E-state index contributed by atoms with van der Waals surface area (Å²) in [6, 6.07) is 7.04. The van der Waals surface area contributed by atoms with Crippen molar-refractivity contribution >= 4 is 5.78 Å². The molecule has 11 heteroatoms. The first-order valence-corrected chi connectivity index (χ1v) is 11.9. The average molecular weight is 533 g/mol. The lowest BCUT2D eigenvalue weighted by molar-refractivity contribution is -0.191. The Bertz CT molecular complexity index is 1050. The van der Waals surface area contributed by atoms with Crippen molar-refractivity contribution in [3.63, 3.8) is 0 Å². The molecule has 2 aliphatic heterocycles. The van der Waals surface area contributed by atoms with E-state index in [1.807, 2.05) is 0 Å². The number of nitrogens with one attached hydrogen (secondary N) is 1. The predicted octanol–water partition coefficient (Wildman–Crippen LogP) is 5.89. The van der Waals surface area contributed by atoms with Gasteiger partial charge in [0.2, 0.25) is 0 Å². The van der Waals surface area contributed by atoms with Crippen molar-refractivity contribution in [1.82, 2.24) is 5.32 Å². The maximum Gasteiger partial charge on any atom is 0.416 e. The molecule has 0 bridgehead atoms. The summed E-state index contributed by atoms with van der Waals surface area (Å²) >= 11 is 0. The number of hydrogen-bond acceptors (Lipinski definition) is 4. The van der Waals surface area contributed by atoms with Crippen LogP contribution in [0.2, 0.25) is 0 Å². The Hall–Kier alpha value is -2.50. The Kier molecular flexibility index (Phi) is 8.25. The van der Waals surface area contributed by atoms with Gasteiger partial charge in [0.1, 0.15) is 11.6 Å². The van der Waals surface area contributed by atoms with Crippen molar-refractivity contribution < 1.29 is 45.0 Å². The van der Waals surface area contributed by atoms with Gasteiger partial charge in [-0.15, -0.1) is 0 Å². The smallest absolute Gasteiger partial charge is 0.352 e. The van der Waals surface area contributed by atoms with E-state index in [4.69, 9.17) is 9.47 Å². The maximum absolute atomic E-state index is 13.6. The molecule has 4 atom stereocenters. The summed E-state index contributed by atoms with van der Waals surface area (Å²) in [4.78, 5) is 12.1. The van der Waals surface area contributed by atoms with Gasteiger partial charge >= 0.3 is 12.4 Å². The minimum absolute atomic E-state index is 0.0855. The number of carbonyl (C=O) groups excluding carboxylic acids is 1. The molecule has 0 aromatic heterocycles. The quantitative estimate of drug-likeness (QED) is 0.471. The van der Waals surface area contributed by atoms with Crippen LogP contribution < -0.4 is 5.32 Å². The lowest BCUT2D eigenvalue weighted by atomic mass is 9.75. The van der Waals surface area contributed by atoms with E-state index < -0.39 is 41.5 Å². The molecule has 0 spiro atoms. The fraction of sp³-hybridized carbons (Fsp3) is 0.500. The summed E-state index contributed by atoms with van der Waals surface area (Å²) < 4.78 is 104. The van der Waals surface area contributed by atoms with Crippen LogP contribution in [0.5, 0.6) is 0 Å². The molecule has 0 radical (unpaired) electrons. The van der Waals surface area contributed by atoms with Crippen LogP contribution in [0.4, 0.5) is 30.7 Å². The Balaban J connectivity index is 1.54. The van der Waals surface area contributed by atoms with Gasteiger partial charge in [-0.3, -0.25) is 4.79 Å². The van der Waals surface area contributed by atoms with Crippen LogP contribution in [0.1, 0.15) is 47.4 Å². The summed E-state index contributed by atoms with van der Waals surface area (Å²) in [5.41, 5.74) is -2.24. The number of piperidine rings is 1. The Morgan fingerprint density at radius 2 is 1.62 bits per heavy atom. The van der Waals surface area contributed by atoms with E-state index in [9.17, 15) is 35.5 Å². The molecule has 0 saturated carbocycles. The fourth-order valence-corrected chi connectivity index (χ4v) is 5.07. The second-order valence-corrected chi connectivity index (χ2v) is 9.36. The largest absolute Gasteiger partial charge is 0.416 e. The molecule has 4 nitrogen and oxygen atoms in total. The number of hydrogen-bond donors (Lipinski definition) is 1. The summed E-state index contributed by atoms with van der Waals surface area (Å²) in [7, 11) is 0. The van der Waals surface area contributed by atoms with E-state index in [1.54, 1.807) is 12.1 Å². The highest BCUT2D eigenvalue weighted by Gasteiger charge is 2.42. The van der Waals surface area contributed by atoms with Gasteiger partial charge < -0.3 is 14.8 Å². The van der Waals surface area contributed by atoms with Crippen molar-refractivity contribution in [2.45, 2.75) is 56.3 Å². The molecule has 0 aliphatic carbocycles. The van der Waals surface area contributed by atoms with Crippen molar-refractivity contribution in [1.29, 1.82) is 0 Å². The molecule has 2 aliphatic rings. The Morgan fingerprint density at radius 3 is 2.22 bits per heavy atom.